The molecule has 3 aromatic carbocycles. The standard InChI is InChI=1S/C28H30ClN3O4S/c1-32-15-13-23(14-16-32)30-24-4-2-3-21(17-24)26-18-28(26,27(33)34)31-37(35,36)25-11-7-20(8-12-25)19-5-9-22(29)10-6-19/h2-12,17,23,26,30-31H,13-16,18H2,1H3,(H,33,34). The van der Waals surface area contributed by atoms with E-state index in [-0.39, 0.29) is 11.3 Å². The molecule has 7 nitrogen and oxygen atoms in total. The number of hydrogen-bond acceptors (Lipinski definition) is 5. The first kappa shape index (κ1) is 25.7. The van der Waals surface area contributed by atoms with Crippen molar-refractivity contribution < 1.29 is 18.3 Å². The van der Waals surface area contributed by atoms with Crippen LogP contribution in [0.15, 0.2) is 77.7 Å². The highest BCUT2D eigenvalue weighted by molar-refractivity contribution is 7.89. The highest BCUT2D eigenvalue weighted by atomic mass is 35.5. The maximum absolute atomic E-state index is 13.2. The first-order chi connectivity index (χ1) is 17.7. The van der Waals surface area contributed by atoms with E-state index in [9.17, 15) is 18.3 Å². The minimum Gasteiger partial charge on any atom is -0.480 e. The van der Waals surface area contributed by atoms with E-state index >= 15 is 0 Å². The van der Waals surface area contributed by atoms with Crippen molar-refractivity contribution in [3.05, 3.63) is 83.4 Å². The van der Waals surface area contributed by atoms with Crippen molar-refractivity contribution in [2.75, 3.05) is 25.5 Å². The molecule has 0 bridgehead atoms. The van der Waals surface area contributed by atoms with Gasteiger partial charge in [-0.1, -0.05) is 48.0 Å². The van der Waals surface area contributed by atoms with Gasteiger partial charge in [0, 0.05) is 22.7 Å². The molecule has 1 aliphatic heterocycles. The van der Waals surface area contributed by atoms with E-state index in [0.717, 1.165) is 48.3 Å². The Labute approximate surface area is 222 Å². The van der Waals surface area contributed by atoms with Gasteiger partial charge >= 0.3 is 5.97 Å². The van der Waals surface area contributed by atoms with Gasteiger partial charge in [-0.25, -0.2) is 8.42 Å². The third kappa shape index (κ3) is 5.52. The lowest BCUT2D eigenvalue weighted by molar-refractivity contribution is -0.140. The molecule has 1 saturated heterocycles. The molecule has 0 amide bonds. The molecule has 37 heavy (non-hydrogen) atoms. The van der Waals surface area contributed by atoms with Gasteiger partial charge in [0.05, 0.1) is 4.90 Å². The van der Waals surface area contributed by atoms with Crippen LogP contribution in [-0.2, 0) is 14.8 Å². The molecule has 3 N–H and O–H groups in total. The van der Waals surface area contributed by atoms with Crippen molar-refractivity contribution in [2.24, 2.45) is 0 Å². The molecule has 194 valence electrons. The summed E-state index contributed by atoms with van der Waals surface area (Å²) < 4.78 is 28.9. The van der Waals surface area contributed by atoms with Crippen LogP contribution in [0.2, 0.25) is 5.02 Å². The van der Waals surface area contributed by atoms with Crippen LogP contribution in [0.1, 0.15) is 30.7 Å². The number of aliphatic carboxylic acids is 1. The summed E-state index contributed by atoms with van der Waals surface area (Å²) in [6, 6.07) is 21.7. The highest BCUT2D eigenvalue weighted by Crippen LogP contribution is 2.52. The SMILES string of the molecule is CN1CCC(Nc2cccc(C3CC3(NS(=O)(=O)c3ccc(-c4ccc(Cl)cc4)cc3)C(=O)O)c2)CC1. The number of halogens is 1. The Morgan fingerprint density at radius 3 is 2.24 bits per heavy atom. The average molecular weight is 540 g/mol. The zero-order valence-corrected chi connectivity index (χ0v) is 22.1. The molecule has 2 fully saturated rings. The van der Waals surface area contributed by atoms with Crippen LogP contribution in [0.3, 0.4) is 0 Å². The summed E-state index contributed by atoms with van der Waals surface area (Å²) >= 11 is 5.95. The predicted octanol–water partition coefficient (Wildman–Crippen LogP) is 4.80. The van der Waals surface area contributed by atoms with Gasteiger partial charge in [0.25, 0.3) is 0 Å². The van der Waals surface area contributed by atoms with Gasteiger partial charge in [-0.05, 0) is 92.5 Å². The number of nitrogens with one attached hydrogen (secondary N) is 2. The van der Waals surface area contributed by atoms with E-state index in [4.69, 9.17) is 11.6 Å². The number of carboxylic acids is 1. The van der Waals surface area contributed by atoms with E-state index in [1.54, 1.807) is 24.3 Å². The van der Waals surface area contributed by atoms with Crippen LogP contribution in [0, 0.1) is 0 Å². The molecule has 2 unspecified atom stereocenters. The number of piperidine rings is 1. The number of likely N-dealkylation sites (tertiary alicyclic amines) is 1. The summed E-state index contributed by atoms with van der Waals surface area (Å²) in [5.41, 5.74) is 1.90. The molecule has 9 heteroatoms. The first-order valence-corrected chi connectivity index (χ1v) is 14.2. The molecule has 2 aliphatic rings. The van der Waals surface area contributed by atoms with Gasteiger partial charge in [0.2, 0.25) is 10.0 Å². The minimum atomic E-state index is -4.06. The Bertz CT molecular complexity index is 1390. The summed E-state index contributed by atoms with van der Waals surface area (Å²) in [5, 5.41) is 14.2. The van der Waals surface area contributed by atoms with Crippen LogP contribution < -0.4 is 10.0 Å². The zero-order valence-electron chi connectivity index (χ0n) is 20.5. The van der Waals surface area contributed by atoms with Gasteiger partial charge in [0.1, 0.15) is 5.54 Å². The fraction of sp³-hybridized carbons (Fsp3) is 0.321. The lowest BCUT2D eigenvalue weighted by Crippen LogP contribution is -2.44. The molecule has 0 spiro atoms. The third-order valence-corrected chi connectivity index (χ3v) is 9.16. The van der Waals surface area contributed by atoms with Crippen LogP contribution in [-0.4, -0.2) is 56.1 Å². The fourth-order valence-corrected chi connectivity index (χ4v) is 6.59. The molecule has 1 saturated carbocycles. The molecule has 1 aliphatic carbocycles. The number of nitrogens with zero attached hydrogens (tertiary/aromatic N) is 1. The predicted molar refractivity (Wildman–Crippen MR) is 146 cm³/mol. The second-order valence-electron chi connectivity index (χ2n) is 10.0. The molecule has 5 rings (SSSR count). The number of hydrogen-bond donors (Lipinski definition) is 3. The number of anilines is 1. The topological polar surface area (TPSA) is 98.7 Å². The van der Waals surface area contributed by atoms with Crippen LogP contribution in [0.5, 0.6) is 0 Å². The van der Waals surface area contributed by atoms with Gasteiger partial charge < -0.3 is 15.3 Å². The van der Waals surface area contributed by atoms with Crippen molar-refractivity contribution in [3.8, 4) is 11.1 Å². The van der Waals surface area contributed by atoms with E-state index in [1.165, 1.54) is 12.1 Å². The second kappa shape index (κ2) is 10.1. The van der Waals surface area contributed by atoms with E-state index in [0.29, 0.717) is 11.1 Å². The van der Waals surface area contributed by atoms with Crippen molar-refractivity contribution in [1.29, 1.82) is 0 Å². The largest absolute Gasteiger partial charge is 0.480 e. The van der Waals surface area contributed by atoms with Crippen molar-refractivity contribution in [3.63, 3.8) is 0 Å². The van der Waals surface area contributed by atoms with Crippen molar-refractivity contribution in [2.45, 2.75) is 41.7 Å². The van der Waals surface area contributed by atoms with E-state index in [2.05, 4.69) is 22.0 Å². The lowest BCUT2D eigenvalue weighted by atomic mass is 10.0. The van der Waals surface area contributed by atoms with Crippen molar-refractivity contribution >= 4 is 33.3 Å². The van der Waals surface area contributed by atoms with Gasteiger partial charge in [-0.3, -0.25) is 4.79 Å². The number of carbonyl (C=O) groups is 1. The number of carboxylic acid groups (broad SMARTS) is 1. The maximum atomic E-state index is 13.2. The van der Waals surface area contributed by atoms with Gasteiger partial charge in [0.15, 0.2) is 0 Å². The Kier molecular flexibility index (Phi) is 7.02. The summed E-state index contributed by atoms with van der Waals surface area (Å²) in [7, 11) is -1.94. The van der Waals surface area contributed by atoms with E-state index in [1.807, 2.05) is 36.4 Å². The quantitative estimate of drug-likeness (QED) is 0.380. The minimum absolute atomic E-state index is 0.0224. The Balaban J connectivity index is 1.31. The monoisotopic (exact) mass is 539 g/mol. The van der Waals surface area contributed by atoms with Gasteiger partial charge in [-0.15, -0.1) is 0 Å². The van der Waals surface area contributed by atoms with Gasteiger partial charge in [-0.2, -0.15) is 4.72 Å². The Morgan fingerprint density at radius 1 is 1.00 bits per heavy atom. The normalized spacial score (nSPS) is 22.5. The molecule has 0 radical (unpaired) electrons. The highest BCUT2D eigenvalue weighted by Gasteiger charge is 2.63. The number of rotatable bonds is 8. The Hall–Kier alpha value is -2.91. The molecule has 2 atom stereocenters. The maximum Gasteiger partial charge on any atom is 0.325 e. The smallest absolute Gasteiger partial charge is 0.325 e. The van der Waals surface area contributed by atoms with Crippen molar-refractivity contribution in [1.82, 2.24) is 9.62 Å². The van der Waals surface area contributed by atoms with Crippen LogP contribution in [0.25, 0.3) is 11.1 Å². The summed E-state index contributed by atoms with van der Waals surface area (Å²) in [5.74, 6) is -1.63. The zero-order chi connectivity index (χ0) is 26.2. The lowest BCUT2D eigenvalue weighted by Gasteiger charge is -2.30. The summed E-state index contributed by atoms with van der Waals surface area (Å²) in [4.78, 5) is 14.6. The first-order valence-electron chi connectivity index (χ1n) is 12.3. The molecular formula is C28H30ClN3O4S. The van der Waals surface area contributed by atoms with Crippen LogP contribution in [0.4, 0.5) is 5.69 Å². The molecule has 3 aromatic rings. The Morgan fingerprint density at radius 2 is 1.62 bits per heavy atom. The molecule has 1 heterocycles. The molecule has 0 aromatic heterocycles. The average Bonchev–Trinajstić information content (AvgIpc) is 3.61. The summed E-state index contributed by atoms with van der Waals surface area (Å²) in [6.07, 6.45) is 2.28. The van der Waals surface area contributed by atoms with E-state index < -0.39 is 27.4 Å². The third-order valence-electron chi connectivity index (χ3n) is 7.38. The summed E-state index contributed by atoms with van der Waals surface area (Å²) in [6.45, 7) is 2.06. The molecular weight excluding hydrogens is 510 g/mol. The number of benzene rings is 3. The second-order valence-corrected chi connectivity index (χ2v) is 12.1. The number of sulfonamides is 1. The fourth-order valence-electron chi connectivity index (χ4n) is 5.06. The van der Waals surface area contributed by atoms with Crippen LogP contribution >= 0.6 is 11.6 Å².